The smallest absolute Gasteiger partial charge is 0.330 e. The fourth-order valence-electron chi connectivity index (χ4n) is 2.26. The van der Waals surface area contributed by atoms with E-state index in [1.807, 2.05) is 11.8 Å². The van der Waals surface area contributed by atoms with Gasteiger partial charge in [-0.25, -0.2) is 0 Å². The lowest BCUT2D eigenvalue weighted by Crippen LogP contribution is -2.26. The van der Waals surface area contributed by atoms with Crippen molar-refractivity contribution >= 4 is 23.3 Å². The van der Waals surface area contributed by atoms with Gasteiger partial charge in [-0.2, -0.15) is 11.8 Å². The maximum Gasteiger partial charge on any atom is 0.330 e. The van der Waals surface area contributed by atoms with Crippen molar-refractivity contribution in [1.29, 1.82) is 0 Å². The zero-order valence-corrected chi connectivity index (χ0v) is 10.7. The fraction of sp³-hybridized carbons (Fsp3) is 0.700. The van der Waals surface area contributed by atoms with Crippen LogP contribution < -0.4 is 5.32 Å². The number of aromatic nitrogens is 2. The summed E-state index contributed by atoms with van der Waals surface area (Å²) in [5.41, 5.74) is 0.0549. The Morgan fingerprint density at radius 3 is 3.06 bits per heavy atom. The van der Waals surface area contributed by atoms with E-state index >= 15 is 0 Å². The molecule has 2 rings (SSSR count). The Morgan fingerprint density at radius 1 is 1.65 bits per heavy atom. The Kier molecular flexibility index (Phi) is 3.56. The van der Waals surface area contributed by atoms with Gasteiger partial charge in [0.25, 0.3) is 0 Å². The molecule has 0 bridgehead atoms. The Hall–Kier alpha value is -1.24. The second-order valence-electron chi connectivity index (χ2n) is 4.25. The summed E-state index contributed by atoms with van der Waals surface area (Å²) >= 11 is 1.81. The van der Waals surface area contributed by atoms with Crippen molar-refractivity contribution < 1.29 is 4.92 Å². The average Bonchev–Trinajstić information content (AvgIpc) is 2.85. The standard InChI is InChI=1S/C10H16N4O2S/c1-13-6-8(14(15)16)10(12-13)11-7-4-3-5-9(7)17-2/h6-7,9H,3-5H2,1-2H3,(H,11,12). The van der Waals surface area contributed by atoms with Crippen molar-refractivity contribution in [2.24, 2.45) is 7.05 Å². The molecular weight excluding hydrogens is 240 g/mol. The van der Waals surface area contributed by atoms with Crippen LogP contribution in [0.15, 0.2) is 6.20 Å². The first kappa shape index (κ1) is 12.2. The molecule has 1 fully saturated rings. The van der Waals surface area contributed by atoms with Crippen molar-refractivity contribution in [3.8, 4) is 0 Å². The minimum atomic E-state index is -0.390. The minimum absolute atomic E-state index is 0.0549. The van der Waals surface area contributed by atoms with Gasteiger partial charge in [0, 0.05) is 18.3 Å². The van der Waals surface area contributed by atoms with E-state index in [2.05, 4.69) is 16.7 Å². The van der Waals surface area contributed by atoms with Crippen molar-refractivity contribution in [2.45, 2.75) is 30.6 Å². The number of nitrogens with zero attached hydrogens (tertiary/aromatic N) is 3. The van der Waals surface area contributed by atoms with Crippen LogP contribution >= 0.6 is 11.8 Å². The van der Waals surface area contributed by atoms with Gasteiger partial charge in [0.1, 0.15) is 6.20 Å². The van der Waals surface area contributed by atoms with Crippen LogP contribution in [0, 0.1) is 10.1 Å². The highest BCUT2D eigenvalue weighted by Gasteiger charge is 2.29. The third-order valence-electron chi connectivity index (χ3n) is 3.08. The molecule has 17 heavy (non-hydrogen) atoms. The molecule has 0 aromatic carbocycles. The third-order valence-corrected chi connectivity index (χ3v) is 4.25. The van der Waals surface area contributed by atoms with Crippen LogP contribution in [0.4, 0.5) is 11.5 Å². The van der Waals surface area contributed by atoms with Gasteiger partial charge in [-0.15, -0.1) is 5.10 Å². The van der Waals surface area contributed by atoms with Crippen LogP contribution in [0.2, 0.25) is 0 Å². The molecule has 1 aromatic rings. The van der Waals surface area contributed by atoms with Crippen LogP contribution in [0.5, 0.6) is 0 Å². The van der Waals surface area contributed by atoms with Crippen LogP contribution in [0.1, 0.15) is 19.3 Å². The number of thioether (sulfide) groups is 1. The van der Waals surface area contributed by atoms with Gasteiger partial charge in [0.05, 0.1) is 4.92 Å². The number of hydrogen-bond donors (Lipinski definition) is 1. The first-order chi connectivity index (χ1) is 8.11. The van der Waals surface area contributed by atoms with Crippen molar-refractivity contribution in [2.75, 3.05) is 11.6 Å². The first-order valence-electron chi connectivity index (χ1n) is 5.59. The molecule has 1 aliphatic carbocycles. The van der Waals surface area contributed by atoms with E-state index in [9.17, 15) is 10.1 Å². The Labute approximate surface area is 104 Å². The number of rotatable bonds is 4. The Balaban J connectivity index is 2.15. The number of anilines is 1. The van der Waals surface area contributed by atoms with Crippen molar-refractivity contribution in [1.82, 2.24) is 9.78 Å². The summed E-state index contributed by atoms with van der Waals surface area (Å²) in [6, 6.07) is 0.290. The van der Waals surface area contributed by atoms with E-state index in [-0.39, 0.29) is 5.69 Å². The number of nitro groups is 1. The Bertz CT molecular complexity index is 420. The third kappa shape index (κ3) is 2.54. The van der Waals surface area contributed by atoms with Gasteiger partial charge in [-0.05, 0) is 19.1 Å². The summed E-state index contributed by atoms with van der Waals surface area (Å²) < 4.78 is 1.48. The highest BCUT2D eigenvalue weighted by Crippen LogP contribution is 2.32. The van der Waals surface area contributed by atoms with Crippen LogP contribution in [-0.4, -0.2) is 32.3 Å². The molecule has 0 saturated heterocycles. The number of nitrogens with one attached hydrogen (secondary N) is 1. The van der Waals surface area contributed by atoms with Crippen LogP contribution in [0.3, 0.4) is 0 Å². The van der Waals surface area contributed by atoms with Crippen molar-refractivity contribution in [3.05, 3.63) is 16.3 Å². The van der Waals surface area contributed by atoms with Gasteiger partial charge >= 0.3 is 5.69 Å². The highest BCUT2D eigenvalue weighted by molar-refractivity contribution is 7.99. The summed E-state index contributed by atoms with van der Waals surface area (Å²) in [6.07, 6.45) is 6.91. The summed E-state index contributed by atoms with van der Waals surface area (Å²) in [6.45, 7) is 0. The molecule has 1 saturated carbocycles. The first-order valence-corrected chi connectivity index (χ1v) is 6.88. The van der Waals surface area contributed by atoms with Gasteiger partial charge in [-0.1, -0.05) is 6.42 Å². The van der Waals surface area contributed by atoms with E-state index in [0.717, 1.165) is 6.42 Å². The molecule has 1 aromatic heterocycles. The molecule has 7 heteroatoms. The molecule has 0 amide bonds. The lowest BCUT2D eigenvalue weighted by molar-refractivity contribution is -0.384. The molecule has 0 aliphatic heterocycles. The lowest BCUT2D eigenvalue weighted by Gasteiger charge is -2.18. The van der Waals surface area contributed by atoms with Crippen molar-refractivity contribution in [3.63, 3.8) is 0 Å². The van der Waals surface area contributed by atoms with Gasteiger partial charge < -0.3 is 5.32 Å². The lowest BCUT2D eigenvalue weighted by atomic mass is 10.2. The topological polar surface area (TPSA) is 73.0 Å². The molecule has 2 unspecified atom stereocenters. The average molecular weight is 256 g/mol. The SMILES string of the molecule is CSC1CCCC1Nc1nn(C)cc1[N+](=O)[O-]. The molecule has 6 nitrogen and oxygen atoms in total. The minimum Gasteiger partial charge on any atom is -0.359 e. The number of aryl methyl sites for hydroxylation is 1. The second kappa shape index (κ2) is 4.95. The molecule has 1 heterocycles. The van der Waals surface area contributed by atoms with E-state index in [4.69, 9.17) is 0 Å². The van der Waals surface area contributed by atoms with Gasteiger partial charge in [0.15, 0.2) is 0 Å². The summed E-state index contributed by atoms with van der Waals surface area (Å²) in [5.74, 6) is 0.392. The van der Waals surface area contributed by atoms with Gasteiger partial charge in [0.2, 0.25) is 5.82 Å². The zero-order valence-electron chi connectivity index (χ0n) is 9.92. The quantitative estimate of drug-likeness (QED) is 0.659. The zero-order chi connectivity index (χ0) is 12.4. The molecule has 1 N–H and O–H groups in total. The molecule has 0 radical (unpaired) electrons. The molecule has 0 spiro atoms. The normalized spacial score (nSPS) is 23.9. The Morgan fingerprint density at radius 2 is 2.41 bits per heavy atom. The largest absolute Gasteiger partial charge is 0.359 e. The van der Waals surface area contributed by atoms with Crippen LogP contribution in [0.25, 0.3) is 0 Å². The fourth-order valence-corrected chi connectivity index (χ4v) is 3.20. The summed E-state index contributed by atoms with van der Waals surface area (Å²) in [7, 11) is 1.69. The molecular formula is C10H16N4O2S. The maximum atomic E-state index is 10.9. The predicted octanol–water partition coefficient (Wildman–Crippen LogP) is 2.02. The molecule has 1 aliphatic rings. The number of hydrogen-bond acceptors (Lipinski definition) is 5. The summed E-state index contributed by atoms with van der Waals surface area (Å²) in [5, 5.41) is 18.7. The molecule has 94 valence electrons. The molecule has 2 atom stereocenters. The van der Waals surface area contributed by atoms with E-state index in [1.165, 1.54) is 23.7 Å². The van der Waals surface area contributed by atoms with Gasteiger partial charge in [-0.3, -0.25) is 14.8 Å². The predicted molar refractivity (Wildman–Crippen MR) is 68.4 cm³/mol. The van der Waals surface area contributed by atoms with E-state index < -0.39 is 4.92 Å². The summed E-state index contributed by atoms with van der Waals surface area (Å²) in [4.78, 5) is 10.5. The monoisotopic (exact) mass is 256 g/mol. The van der Waals surface area contributed by atoms with E-state index in [0.29, 0.717) is 17.1 Å². The van der Waals surface area contributed by atoms with E-state index in [1.54, 1.807) is 7.05 Å². The second-order valence-corrected chi connectivity index (χ2v) is 5.33. The highest BCUT2D eigenvalue weighted by atomic mass is 32.2. The maximum absolute atomic E-state index is 10.9. The van der Waals surface area contributed by atoms with Crippen LogP contribution in [-0.2, 0) is 7.05 Å².